The van der Waals surface area contributed by atoms with E-state index in [1.165, 1.54) is 11.8 Å². The van der Waals surface area contributed by atoms with Crippen molar-refractivity contribution in [3.05, 3.63) is 0 Å². The number of nitrogens with one attached hydrogen (secondary N) is 1. The Labute approximate surface area is 68.3 Å². The van der Waals surface area contributed by atoms with Crippen LogP contribution in [-0.4, -0.2) is 28.4 Å². The number of thioether (sulfide) groups is 1. The molecule has 1 N–H and O–H groups in total. The van der Waals surface area contributed by atoms with Crippen molar-refractivity contribution in [2.75, 3.05) is 12.5 Å². The average Bonchev–Trinajstić information content (AvgIpc) is 2.05. The molecule has 0 aromatic heterocycles. The molecule has 0 radical (unpaired) electrons. The van der Waals surface area contributed by atoms with Gasteiger partial charge in [0.25, 0.3) is 0 Å². The molecule has 0 aromatic rings. The Morgan fingerprint density at radius 3 is 3.00 bits per heavy atom. The second-order valence-corrected chi connectivity index (χ2v) is 3.01. The summed E-state index contributed by atoms with van der Waals surface area (Å²) >= 11 is 3.08. The maximum atomic E-state index is 3.83. The van der Waals surface area contributed by atoms with E-state index in [2.05, 4.69) is 15.6 Å². The van der Waals surface area contributed by atoms with Gasteiger partial charge in [-0.05, 0) is 18.2 Å². The van der Waals surface area contributed by atoms with Gasteiger partial charge < -0.3 is 0 Å². The summed E-state index contributed by atoms with van der Waals surface area (Å²) in [6.07, 6.45) is 5.54. The lowest BCUT2D eigenvalue weighted by Crippen LogP contribution is -2.36. The number of nitrogens with zero attached hydrogens (tertiary/aromatic N) is 3. The molecule has 1 aliphatic rings. The highest BCUT2D eigenvalue weighted by atomic mass is 32.2. The lowest BCUT2D eigenvalue weighted by Gasteiger charge is -2.19. The fourth-order valence-corrected chi connectivity index (χ4v) is 1.14. The molecule has 6 heteroatoms. The van der Waals surface area contributed by atoms with E-state index in [1.807, 2.05) is 12.5 Å². The SMILES string of the molecule is CSC1=NN=CN(SC)N1. The summed E-state index contributed by atoms with van der Waals surface area (Å²) in [5.41, 5.74) is 3.01. The van der Waals surface area contributed by atoms with Crippen molar-refractivity contribution in [3.8, 4) is 0 Å². The Balaban J connectivity index is 2.50. The van der Waals surface area contributed by atoms with Crippen molar-refractivity contribution in [3.63, 3.8) is 0 Å². The van der Waals surface area contributed by atoms with Gasteiger partial charge in [-0.25, -0.2) is 4.41 Å². The fraction of sp³-hybridized carbons (Fsp3) is 0.500. The molecular formula is C4H8N4S2. The quantitative estimate of drug-likeness (QED) is 0.598. The number of hydrogen-bond acceptors (Lipinski definition) is 6. The van der Waals surface area contributed by atoms with Crippen LogP contribution in [0.15, 0.2) is 10.2 Å². The lowest BCUT2D eigenvalue weighted by molar-refractivity contribution is 0.630. The zero-order chi connectivity index (χ0) is 7.40. The third-order valence-electron chi connectivity index (χ3n) is 0.901. The van der Waals surface area contributed by atoms with E-state index in [0.717, 1.165) is 5.17 Å². The molecule has 0 fully saturated rings. The van der Waals surface area contributed by atoms with Crippen LogP contribution in [-0.2, 0) is 0 Å². The highest BCUT2D eigenvalue weighted by Crippen LogP contribution is 2.05. The third-order valence-corrected chi connectivity index (χ3v) is 2.04. The topological polar surface area (TPSA) is 40.0 Å². The van der Waals surface area contributed by atoms with Gasteiger partial charge in [0.05, 0.1) is 0 Å². The maximum Gasteiger partial charge on any atom is 0.202 e. The summed E-state index contributed by atoms with van der Waals surface area (Å²) < 4.78 is 1.79. The van der Waals surface area contributed by atoms with E-state index in [0.29, 0.717) is 0 Å². The smallest absolute Gasteiger partial charge is 0.202 e. The van der Waals surface area contributed by atoms with Crippen LogP contribution in [0.2, 0.25) is 0 Å². The first kappa shape index (κ1) is 7.74. The molecular weight excluding hydrogens is 168 g/mol. The summed E-state index contributed by atoms with van der Waals surface area (Å²) in [5, 5.41) is 8.41. The average molecular weight is 176 g/mol. The van der Waals surface area contributed by atoms with Crippen LogP contribution < -0.4 is 5.43 Å². The van der Waals surface area contributed by atoms with Gasteiger partial charge in [0, 0.05) is 6.26 Å². The Kier molecular flexibility index (Phi) is 2.88. The van der Waals surface area contributed by atoms with Gasteiger partial charge in [0.1, 0.15) is 6.34 Å². The van der Waals surface area contributed by atoms with Gasteiger partial charge in [-0.15, -0.1) is 10.2 Å². The van der Waals surface area contributed by atoms with E-state index in [1.54, 1.807) is 22.7 Å². The molecule has 0 saturated carbocycles. The second-order valence-electron chi connectivity index (χ2n) is 1.46. The highest BCUT2D eigenvalue weighted by Gasteiger charge is 2.04. The standard InChI is InChI=1S/C4H8N4S2/c1-9-4-6-5-3-8(7-4)10-2/h3H,1-2H3,(H,6,7). The monoisotopic (exact) mass is 176 g/mol. The van der Waals surface area contributed by atoms with Gasteiger partial charge in [0.15, 0.2) is 0 Å². The Morgan fingerprint density at radius 2 is 2.40 bits per heavy atom. The van der Waals surface area contributed by atoms with Crippen molar-refractivity contribution in [2.45, 2.75) is 0 Å². The molecule has 0 spiro atoms. The molecule has 56 valence electrons. The first-order chi connectivity index (χ1) is 4.86. The van der Waals surface area contributed by atoms with Crippen molar-refractivity contribution in [1.82, 2.24) is 9.84 Å². The molecule has 1 rings (SSSR count). The number of hydrazine groups is 1. The van der Waals surface area contributed by atoms with Crippen molar-refractivity contribution >= 4 is 35.2 Å². The van der Waals surface area contributed by atoms with E-state index in [4.69, 9.17) is 0 Å². The molecule has 1 heterocycles. The van der Waals surface area contributed by atoms with Crippen LogP contribution in [0.4, 0.5) is 0 Å². The number of amidine groups is 1. The second kappa shape index (κ2) is 3.72. The van der Waals surface area contributed by atoms with Gasteiger partial charge in [-0.1, -0.05) is 11.8 Å². The summed E-state index contributed by atoms with van der Waals surface area (Å²) in [6, 6.07) is 0. The normalized spacial score (nSPS) is 16.6. The van der Waals surface area contributed by atoms with Crippen molar-refractivity contribution in [2.24, 2.45) is 10.2 Å². The van der Waals surface area contributed by atoms with Crippen molar-refractivity contribution in [1.29, 1.82) is 0 Å². The molecule has 4 nitrogen and oxygen atoms in total. The number of rotatable bonds is 1. The molecule has 1 aliphatic heterocycles. The zero-order valence-electron chi connectivity index (χ0n) is 5.74. The van der Waals surface area contributed by atoms with E-state index in [-0.39, 0.29) is 0 Å². The molecule has 0 aromatic carbocycles. The van der Waals surface area contributed by atoms with Crippen LogP contribution in [0.25, 0.3) is 0 Å². The molecule has 0 bridgehead atoms. The first-order valence-corrected chi connectivity index (χ1v) is 5.02. The Hall–Kier alpha value is -0.360. The minimum atomic E-state index is 0.817. The largest absolute Gasteiger partial charge is 0.263 e. The lowest BCUT2D eigenvalue weighted by atomic mass is 11.2. The van der Waals surface area contributed by atoms with Crippen LogP contribution in [0, 0.1) is 0 Å². The molecule has 0 aliphatic carbocycles. The summed E-state index contributed by atoms with van der Waals surface area (Å²) in [7, 11) is 0. The minimum absolute atomic E-state index is 0.817. The Bertz CT molecular complexity index is 167. The molecule has 0 atom stereocenters. The van der Waals surface area contributed by atoms with Gasteiger partial charge in [0.2, 0.25) is 5.17 Å². The van der Waals surface area contributed by atoms with Crippen LogP contribution in [0.3, 0.4) is 0 Å². The van der Waals surface area contributed by atoms with Gasteiger partial charge in [-0.3, -0.25) is 5.43 Å². The predicted octanol–water partition coefficient (Wildman–Crippen LogP) is 0.747. The summed E-state index contributed by atoms with van der Waals surface area (Å²) in [5.74, 6) is 0. The van der Waals surface area contributed by atoms with Crippen molar-refractivity contribution < 1.29 is 0 Å². The van der Waals surface area contributed by atoms with Crippen LogP contribution in [0.5, 0.6) is 0 Å². The first-order valence-electron chi connectivity index (χ1n) is 2.62. The zero-order valence-corrected chi connectivity index (χ0v) is 7.37. The Morgan fingerprint density at radius 1 is 1.60 bits per heavy atom. The molecule has 10 heavy (non-hydrogen) atoms. The van der Waals surface area contributed by atoms with Gasteiger partial charge in [-0.2, -0.15) is 0 Å². The van der Waals surface area contributed by atoms with E-state index >= 15 is 0 Å². The summed E-state index contributed by atoms with van der Waals surface area (Å²) in [6.45, 7) is 0. The predicted molar refractivity (Wildman–Crippen MR) is 47.9 cm³/mol. The van der Waals surface area contributed by atoms with E-state index < -0.39 is 0 Å². The molecule has 0 unspecified atom stereocenters. The van der Waals surface area contributed by atoms with E-state index in [9.17, 15) is 0 Å². The summed E-state index contributed by atoms with van der Waals surface area (Å²) in [4.78, 5) is 0. The van der Waals surface area contributed by atoms with Gasteiger partial charge >= 0.3 is 0 Å². The third kappa shape index (κ3) is 1.81. The minimum Gasteiger partial charge on any atom is -0.263 e. The molecule has 0 amide bonds. The fourth-order valence-electron chi connectivity index (χ4n) is 0.450. The number of hydrogen-bond donors (Lipinski definition) is 1. The van der Waals surface area contributed by atoms with Crippen LogP contribution in [0.1, 0.15) is 0 Å². The highest BCUT2D eigenvalue weighted by molar-refractivity contribution is 8.13. The molecule has 0 saturated heterocycles. The maximum absolute atomic E-state index is 3.83. The van der Waals surface area contributed by atoms with Crippen LogP contribution >= 0.6 is 23.7 Å².